The highest BCUT2D eigenvalue weighted by Crippen LogP contribution is 2.18. The van der Waals surface area contributed by atoms with E-state index in [2.05, 4.69) is 6.92 Å². The first-order valence-corrected chi connectivity index (χ1v) is 7.24. The van der Waals surface area contributed by atoms with E-state index < -0.39 is 8.80 Å². The van der Waals surface area contributed by atoms with Crippen molar-refractivity contribution in [3.8, 4) is 0 Å². The predicted octanol–water partition coefficient (Wildman–Crippen LogP) is 1.73. The van der Waals surface area contributed by atoms with E-state index in [0.29, 0.717) is 13.2 Å². The molecule has 0 amide bonds. The highest BCUT2D eigenvalue weighted by Gasteiger charge is 2.40. The van der Waals surface area contributed by atoms with E-state index in [9.17, 15) is 0 Å². The van der Waals surface area contributed by atoms with Crippen LogP contribution in [0, 0.1) is 0 Å². The molecule has 14 heavy (non-hydrogen) atoms. The minimum Gasteiger partial charge on any atom is -0.374 e. The van der Waals surface area contributed by atoms with Gasteiger partial charge in [-0.25, -0.2) is 0 Å². The molecule has 0 rings (SSSR count). The summed E-state index contributed by atoms with van der Waals surface area (Å²) in [6.07, 6.45) is 0.658. The molecule has 0 spiro atoms. The van der Waals surface area contributed by atoms with Gasteiger partial charge < -0.3 is 19.0 Å². The van der Waals surface area contributed by atoms with Gasteiger partial charge in [0.05, 0.1) is 6.23 Å². The molecule has 0 heterocycles. The summed E-state index contributed by atoms with van der Waals surface area (Å²) < 4.78 is 16.9. The van der Waals surface area contributed by atoms with E-state index in [1.165, 1.54) is 0 Å². The summed E-state index contributed by atoms with van der Waals surface area (Å²) in [4.78, 5) is 0. The zero-order valence-electron chi connectivity index (χ0n) is 9.71. The van der Waals surface area contributed by atoms with Crippen LogP contribution in [0.3, 0.4) is 0 Å². The van der Waals surface area contributed by atoms with E-state index in [1.807, 2.05) is 13.8 Å². The number of nitrogens with two attached hydrogens (primary N) is 1. The van der Waals surface area contributed by atoms with Gasteiger partial charge in [0.1, 0.15) is 0 Å². The smallest absolute Gasteiger partial charge is 0.374 e. The van der Waals surface area contributed by atoms with Gasteiger partial charge in [-0.2, -0.15) is 0 Å². The molecule has 0 aromatic heterocycles. The van der Waals surface area contributed by atoms with Gasteiger partial charge in [0.15, 0.2) is 0 Å². The molecule has 0 saturated carbocycles. The lowest BCUT2D eigenvalue weighted by Gasteiger charge is -2.30. The largest absolute Gasteiger partial charge is 0.502 e. The Morgan fingerprint density at radius 1 is 1.14 bits per heavy atom. The van der Waals surface area contributed by atoms with Crippen molar-refractivity contribution in [1.82, 2.24) is 0 Å². The predicted molar refractivity (Wildman–Crippen MR) is 58.8 cm³/mol. The summed E-state index contributed by atoms with van der Waals surface area (Å²) in [5.74, 6) is 0. The second kappa shape index (κ2) is 7.36. The zero-order chi connectivity index (χ0) is 11.0. The van der Waals surface area contributed by atoms with Crippen LogP contribution in [0.1, 0.15) is 34.1 Å². The molecule has 5 heteroatoms. The van der Waals surface area contributed by atoms with Crippen LogP contribution in [-0.2, 0) is 13.3 Å². The van der Waals surface area contributed by atoms with E-state index in [1.54, 1.807) is 6.92 Å². The Morgan fingerprint density at radius 3 is 1.93 bits per heavy atom. The Morgan fingerprint density at radius 2 is 1.64 bits per heavy atom. The molecular weight excluding hydrogens is 198 g/mol. The molecular formula is C9H23NO3Si. The second-order valence-corrected chi connectivity index (χ2v) is 5.80. The average molecular weight is 221 g/mol. The molecule has 0 aromatic rings. The molecule has 0 aromatic carbocycles. The van der Waals surface area contributed by atoms with Crippen molar-refractivity contribution in [3.63, 3.8) is 0 Å². The first kappa shape index (κ1) is 14.1. The Labute approximate surface area is 88.1 Å². The van der Waals surface area contributed by atoms with Crippen molar-refractivity contribution in [3.05, 3.63) is 0 Å². The summed E-state index contributed by atoms with van der Waals surface area (Å²) in [6.45, 7) is 9.00. The maximum Gasteiger partial charge on any atom is 0.502 e. The van der Waals surface area contributed by atoms with Crippen LogP contribution in [0.25, 0.3) is 0 Å². The average Bonchev–Trinajstić information content (AvgIpc) is 2.03. The van der Waals surface area contributed by atoms with Crippen molar-refractivity contribution in [2.45, 2.75) is 46.4 Å². The van der Waals surface area contributed by atoms with E-state index >= 15 is 0 Å². The van der Waals surface area contributed by atoms with Crippen molar-refractivity contribution < 1.29 is 13.3 Å². The standard InChI is InChI=1S/C9H23NO3Si/c1-5-8-14(11-6-2,12-7-3)13-9(4)10/h9H,5-8,10H2,1-4H3/t9-/m1/s1. The molecule has 0 fully saturated rings. The van der Waals surface area contributed by atoms with Gasteiger partial charge in [-0.05, 0) is 20.8 Å². The van der Waals surface area contributed by atoms with E-state index in [4.69, 9.17) is 19.0 Å². The second-order valence-electron chi connectivity index (χ2n) is 3.12. The third-order valence-corrected chi connectivity index (χ3v) is 4.95. The Balaban J connectivity index is 4.37. The fourth-order valence-corrected chi connectivity index (χ4v) is 4.03. The molecule has 86 valence electrons. The number of rotatable bonds is 8. The van der Waals surface area contributed by atoms with Crippen molar-refractivity contribution in [1.29, 1.82) is 0 Å². The van der Waals surface area contributed by atoms with Crippen LogP contribution >= 0.6 is 0 Å². The molecule has 2 N–H and O–H groups in total. The van der Waals surface area contributed by atoms with Gasteiger partial charge in [-0.3, -0.25) is 0 Å². The zero-order valence-corrected chi connectivity index (χ0v) is 10.7. The minimum atomic E-state index is -2.48. The SMILES string of the molecule is CCC[Si](OCC)(OCC)O[C@H](C)N. The van der Waals surface area contributed by atoms with Gasteiger partial charge in [0.25, 0.3) is 0 Å². The molecule has 1 atom stereocenters. The van der Waals surface area contributed by atoms with E-state index in [0.717, 1.165) is 12.5 Å². The Kier molecular flexibility index (Phi) is 7.39. The van der Waals surface area contributed by atoms with Crippen molar-refractivity contribution >= 4 is 8.80 Å². The molecule has 0 aliphatic carbocycles. The molecule has 4 nitrogen and oxygen atoms in total. The highest BCUT2D eigenvalue weighted by molar-refractivity contribution is 6.60. The highest BCUT2D eigenvalue weighted by atomic mass is 28.4. The lowest BCUT2D eigenvalue weighted by atomic mass is 10.6. The quantitative estimate of drug-likeness (QED) is 0.501. The molecule has 0 radical (unpaired) electrons. The monoisotopic (exact) mass is 221 g/mol. The summed E-state index contributed by atoms with van der Waals surface area (Å²) >= 11 is 0. The van der Waals surface area contributed by atoms with Gasteiger partial charge >= 0.3 is 8.80 Å². The third kappa shape index (κ3) is 5.07. The Hall–Kier alpha value is 0.0569. The molecule has 0 aliphatic rings. The summed E-state index contributed by atoms with van der Waals surface area (Å²) in [6, 6.07) is 0.830. The summed E-state index contributed by atoms with van der Waals surface area (Å²) in [5, 5.41) is 0. The van der Waals surface area contributed by atoms with Gasteiger partial charge in [0, 0.05) is 19.3 Å². The first-order valence-electron chi connectivity index (χ1n) is 5.31. The van der Waals surface area contributed by atoms with Crippen LogP contribution < -0.4 is 5.73 Å². The third-order valence-electron chi connectivity index (χ3n) is 1.65. The minimum absolute atomic E-state index is 0.327. The molecule has 0 saturated heterocycles. The maximum absolute atomic E-state index is 5.64. The van der Waals surface area contributed by atoms with Crippen LogP contribution in [0.2, 0.25) is 6.04 Å². The lowest BCUT2D eigenvalue weighted by molar-refractivity contribution is 0.0404. The van der Waals surface area contributed by atoms with Crippen molar-refractivity contribution in [2.24, 2.45) is 5.73 Å². The van der Waals surface area contributed by atoms with Crippen LogP contribution in [0.4, 0.5) is 0 Å². The maximum atomic E-state index is 5.64. The van der Waals surface area contributed by atoms with Crippen LogP contribution in [0.5, 0.6) is 0 Å². The Bertz CT molecular complexity index is 127. The van der Waals surface area contributed by atoms with Gasteiger partial charge in [-0.15, -0.1) is 0 Å². The fraction of sp³-hybridized carbons (Fsp3) is 1.00. The number of hydrogen-bond acceptors (Lipinski definition) is 4. The normalized spacial score (nSPS) is 14.4. The first-order chi connectivity index (χ1) is 6.60. The molecule has 0 unspecified atom stereocenters. The topological polar surface area (TPSA) is 53.7 Å². The van der Waals surface area contributed by atoms with Crippen LogP contribution in [-0.4, -0.2) is 28.2 Å². The molecule has 0 bridgehead atoms. The molecule has 0 aliphatic heterocycles. The van der Waals surface area contributed by atoms with E-state index in [-0.39, 0.29) is 6.23 Å². The van der Waals surface area contributed by atoms with Gasteiger partial charge in [-0.1, -0.05) is 13.3 Å². The lowest BCUT2D eigenvalue weighted by Crippen LogP contribution is -2.49. The number of hydrogen-bond donors (Lipinski definition) is 1. The van der Waals surface area contributed by atoms with Crippen LogP contribution in [0.15, 0.2) is 0 Å². The summed E-state index contributed by atoms with van der Waals surface area (Å²) in [7, 11) is -2.48. The van der Waals surface area contributed by atoms with Crippen molar-refractivity contribution in [2.75, 3.05) is 13.2 Å². The fourth-order valence-electron chi connectivity index (χ4n) is 1.34. The summed E-state index contributed by atoms with van der Waals surface area (Å²) in [5.41, 5.74) is 5.62. The van der Waals surface area contributed by atoms with Gasteiger partial charge in [0.2, 0.25) is 0 Å².